The van der Waals surface area contributed by atoms with Crippen LogP contribution < -0.4 is 5.32 Å². The summed E-state index contributed by atoms with van der Waals surface area (Å²) in [6, 6.07) is -0.741. The van der Waals surface area contributed by atoms with Gasteiger partial charge in [-0.25, -0.2) is 4.79 Å². The number of carbonyl (C=O) groups excluding carboxylic acids is 1. The Bertz CT molecular complexity index is 241. The third-order valence-electron chi connectivity index (χ3n) is 2.19. The average molecular weight is 241 g/mol. The maximum Gasteiger partial charge on any atom is 0.522 e. The van der Waals surface area contributed by atoms with Gasteiger partial charge in [-0.3, -0.25) is 4.74 Å². The predicted molar refractivity (Wildman–Crippen MR) is 48.7 cm³/mol. The average Bonchev–Trinajstić information content (AvgIpc) is 2.07. The maximum absolute atomic E-state index is 11.7. The molecule has 1 N–H and O–H groups in total. The van der Waals surface area contributed by atoms with E-state index in [9.17, 15) is 18.0 Å². The lowest BCUT2D eigenvalue weighted by atomic mass is 9.96. The Hall–Kier alpha value is -0.980. The summed E-state index contributed by atoms with van der Waals surface area (Å²) in [6.07, 6.45) is -2.79. The van der Waals surface area contributed by atoms with E-state index in [4.69, 9.17) is 4.74 Å². The molecule has 7 heteroatoms. The highest BCUT2D eigenvalue weighted by Crippen LogP contribution is 2.21. The van der Waals surface area contributed by atoms with Gasteiger partial charge in [0, 0.05) is 0 Å². The van der Waals surface area contributed by atoms with Crippen molar-refractivity contribution in [2.24, 2.45) is 0 Å². The SMILES string of the molecule is C[C@@H](COC(F)(F)F)NC(=O)OC1CCC1. The number of rotatable bonds is 4. The molecule has 1 fully saturated rings. The van der Waals surface area contributed by atoms with Gasteiger partial charge in [0.15, 0.2) is 0 Å². The van der Waals surface area contributed by atoms with Crippen LogP contribution in [0.2, 0.25) is 0 Å². The van der Waals surface area contributed by atoms with Crippen molar-refractivity contribution < 1.29 is 27.4 Å². The second-order valence-corrected chi connectivity index (χ2v) is 3.76. The minimum absolute atomic E-state index is 0.0873. The third kappa shape index (κ3) is 5.20. The van der Waals surface area contributed by atoms with E-state index in [0.29, 0.717) is 0 Å². The number of ether oxygens (including phenoxy) is 2. The first-order valence-corrected chi connectivity index (χ1v) is 5.04. The lowest BCUT2D eigenvalue weighted by Gasteiger charge is -2.26. The molecule has 0 radical (unpaired) electrons. The van der Waals surface area contributed by atoms with E-state index < -0.39 is 25.1 Å². The fraction of sp³-hybridized carbons (Fsp3) is 0.889. The van der Waals surface area contributed by atoms with Crippen molar-refractivity contribution in [3.63, 3.8) is 0 Å². The Labute approximate surface area is 91.1 Å². The normalized spacial score (nSPS) is 18.8. The summed E-state index contributed by atoms with van der Waals surface area (Å²) in [6.45, 7) is 0.789. The van der Waals surface area contributed by atoms with Crippen LogP contribution >= 0.6 is 0 Å². The van der Waals surface area contributed by atoms with E-state index in [-0.39, 0.29) is 6.10 Å². The molecule has 0 unspecified atom stereocenters. The third-order valence-corrected chi connectivity index (χ3v) is 2.19. The molecule has 0 aliphatic heterocycles. The van der Waals surface area contributed by atoms with E-state index in [1.54, 1.807) is 0 Å². The van der Waals surface area contributed by atoms with Crippen LogP contribution in [-0.4, -0.2) is 31.2 Å². The van der Waals surface area contributed by atoms with Crippen molar-refractivity contribution in [2.75, 3.05) is 6.61 Å². The molecule has 1 aliphatic carbocycles. The summed E-state index contributed by atoms with van der Waals surface area (Å²) in [5.41, 5.74) is 0. The van der Waals surface area contributed by atoms with Crippen LogP contribution in [0.15, 0.2) is 0 Å². The van der Waals surface area contributed by atoms with Crippen LogP contribution in [0.4, 0.5) is 18.0 Å². The standard InChI is InChI=1S/C9H14F3NO3/c1-6(5-15-9(10,11)12)13-8(14)16-7-3-2-4-7/h6-7H,2-5H2,1H3,(H,13,14)/t6-/m0/s1. The first-order valence-electron chi connectivity index (χ1n) is 5.04. The first kappa shape index (κ1) is 13.1. The molecule has 0 aromatic rings. The molecule has 1 saturated carbocycles. The number of amides is 1. The Morgan fingerprint density at radius 3 is 2.56 bits per heavy atom. The molecule has 0 bridgehead atoms. The number of alkyl halides is 3. The summed E-state index contributed by atoms with van der Waals surface area (Å²) in [5.74, 6) is 0. The molecule has 0 heterocycles. The monoisotopic (exact) mass is 241 g/mol. The van der Waals surface area contributed by atoms with Crippen molar-refractivity contribution in [2.45, 2.75) is 44.7 Å². The Morgan fingerprint density at radius 1 is 1.50 bits per heavy atom. The van der Waals surface area contributed by atoms with Gasteiger partial charge in [0.25, 0.3) is 0 Å². The van der Waals surface area contributed by atoms with E-state index in [1.807, 2.05) is 0 Å². The summed E-state index contributed by atoms with van der Waals surface area (Å²) in [7, 11) is 0. The van der Waals surface area contributed by atoms with Gasteiger partial charge in [-0.1, -0.05) is 0 Å². The molecule has 0 saturated heterocycles. The molecule has 0 aromatic heterocycles. The van der Waals surface area contributed by atoms with Crippen molar-refractivity contribution in [1.29, 1.82) is 0 Å². The number of halogens is 3. The quantitative estimate of drug-likeness (QED) is 0.820. The number of carbonyl (C=O) groups is 1. The van der Waals surface area contributed by atoms with Gasteiger partial charge < -0.3 is 10.1 Å². The number of alkyl carbamates (subject to hydrolysis) is 1. The largest absolute Gasteiger partial charge is 0.522 e. The zero-order chi connectivity index (χ0) is 12.2. The number of hydrogen-bond acceptors (Lipinski definition) is 3. The Kier molecular flexibility index (Phi) is 4.40. The molecule has 1 aliphatic rings. The zero-order valence-electron chi connectivity index (χ0n) is 8.84. The molecule has 1 atom stereocenters. The summed E-state index contributed by atoms with van der Waals surface area (Å²) >= 11 is 0. The molecule has 94 valence electrons. The lowest BCUT2D eigenvalue weighted by Crippen LogP contribution is -2.40. The van der Waals surface area contributed by atoms with Gasteiger partial charge in [-0.2, -0.15) is 0 Å². The summed E-state index contributed by atoms with van der Waals surface area (Å²) in [5, 5.41) is 2.27. The van der Waals surface area contributed by atoms with Crippen molar-refractivity contribution in [1.82, 2.24) is 5.32 Å². The first-order chi connectivity index (χ1) is 7.37. The van der Waals surface area contributed by atoms with E-state index in [0.717, 1.165) is 19.3 Å². The number of nitrogens with one attached hydrogen (secondary N) is 1. The van der Waals surface area contributed by atoms with Gasteiger partial charge in [0.05, 0.1) is 12.6 Å². The van der Waals surface area contributed by atoms with Gasteiger partial charge >= 0.3 is 12.5 Å². The van der Waals surface area contributed by atoms with Crippen LogP contribution in [-0.2, 0) is 9.47 Å². The van der Waals surface area contributed by atoms with Gasteiger partial charge in [-0.05, 0) is 26.2 Å². The van der Waals surface area contributed by atoms with Crippen molar-refractivity contribution in [3.05, 3.63) is 0 Å². The fourth-order valence-corrected chi connectivity index (χ4v) is 1.14. The zero-order valence-corrected chi connectivity index (χ0v) is 8.84. The molecule has 16 heavy (non-hydrogen) atoms. The van der Waals surface area contributed by atoms with Gasteiger partial charge in [-0.15, -0.1) is 13.2 Å². The highest BCUT2D eigenvalue weighted by molar-refractivity contribution is 5.67. The molecular weight excluding hydrogens is 227 g/mol. The minimum atomic E-state index is -4.67. The van der Waals surface area contributed by atoms with Crippen LogP contribution in [0.25, 0.3) is 0 Å². The van der Waals surface area contributed by atoms with Crippen molar-refractivity contribution in [3.8, 4) is 0 Å². The Balaban J connectivity index is 2.12. The maximum atomic E-state index is 11.7. The second-order valence-electron chi connectivity index (χ2n) is 3.76. The molecule has 1 rings (SSSR count). The minimum Gasteiger partial charge on any atom is -0.446 e. The van der Waals surface area contributed by atoms with E-state index in [1.165, 1.54) is 6.92 Å². The molecule has 1 amide bonds. The predicted octanol–water partition coefficient (Wildman–Crippen LogP) is 2.19. The second kappa shape index (κ2) is 5.38. The fourth-order valence-electron chi connectivity index (χ4n) is 1.14. The van der Waals surface area contributed by atoms with Crippen LogP contribution in [0.1, 0.15) is 26.2 Å². The van der Waals surface area contributed by atoms with Crippen LogP contribution in [0.3, 0.4) is 0 Å². The van der Waals surface area contributed by atoms with E-state index in [2.05, 4.69) is 10.1 Å². The lowest BCUT2D eigenvalue weighted by molar-refractivity contribution is -0.325. The van der Waals surface area contributed by atoms with Gasteiger partial charge in [0.1, 0.15) is 6.10 Å². The summed E-state index contributed by atoms with van der Waals surface area (Å²) < 4.78 is 43.5. The Morgan fingerprint density at radius 2 is 2.12 bits per heavy atom. The smallest absolute Gasteiger partial charge is 0.446 e. The number of hydrogen-bond donors (Lipinski definition) is 1. The highest BCUT2D eigenvalue weighted by atomic mass is 19.4. The highest BCUT2D eigenvalue weighted by Gasteiger charge is 2.30. The van der Waals surface area contributed by atoms with E-state index >= 15 is 0 Å². The summed E-state index contributed by atoms with van der Waals surface area (Å²) in [4.78, 5) is 11.1. The van der Waals surface area contributed by atoms with Crippen LogP contribution in [0, 0.1) is 0 Å². The van der Waals surface area contributed by atoms with Crippen LogP contribution in [0.5, 0.6) is 0 Å². The topological polar surface area (TPSA) is 47.6 Å². The van der Waals surface area contributed by atoms with Crippen molar-refractivity contribution >= 4 is 6.09 Å². The molecule has 0 aromatic carbocycles. The van der Waals surface area contributed by atoms with Gasteiger partial charge in [0.2, 0.25) is 0 Å². The molecule has 4 nitrogen and oxygen atoms in total. The molecule has 0 spiro atoms. The molecular formula is C9H14F3NO3.